The lowest BCUT2D eigenvalue weighted by Crippen LogP contribution is -2.33. The van der Waals surface area contributed by atoms with Crippen molar-refractivity contribution < 1.29 is 14.2 Å². The standard InChI is InChI=1S/C14H16FNO2/c15-10-3-1-9(2-4-10)7-14-16-12-8-11(17)5-6-13(12)18-14/h1-4,11-13,17H,5-8H2. The normalized spacial score (nSPS) is 30.6. The first-order chi connectivity index (χ1) is 8.70. The van der Waals surface area contributed by atoms with Gasteiger partial charge in [-0.1, -0.05) is 12.1 Å². The van der Waals surface area contributed by atoms with Crippen molar-refractivity contribution in [2.75, 3.05) is 0 Å². The highest BCUT2D eigenvalue weighted by molar-refractivity contribution is 5.80. The number of rotatable bonds is 2. The molecule has 0 bridgehead atoms. The van der Waals surface area contributed by atoms with Gasteiger partial charge in [-0.25, -0.2) is 9.38 Å². The van der Waals surface area contributed by atoms with E-state index in [1.54, 1.807) is 12.1 Å². The van der Waals surface area contributed by atoms with Crippen LogP contribution in [0, 0.1) is 5.82 Å². The van der Waals surface area contributed by atoms with E-state index in [0.717, 1.165) is 18.4 Å². The Kier molecular flexibility index (Phi) is 3.04. The van der Waals surface area contributed by atoms with Crippen LogP contribution in [0.4, 0.5) is 4.39 Å². The van der Waals surface area contributed by atoms with Crippen molar-refractivity contribution in [3.8, 4) is 0 Å². The summed E-state index contributed by atoms with van der Waals surface area (Å²) in [6.07, 6.45) is 2.83. The third-order valence-corrected chi connectivity index (χ3v) is 3.59. The summed E-state index contributed by atoms with van der Waals surface area (Å²) in [6, 6.07) is 6.49. The molecule has 3 unspecified atom stereocenters. The molecular weight excluding hydrogens is 233 g/mol. The van der Waals surface area contributed by atoms with E-state index < -0.39 is 0 Å². The van der Waals surface area contributed by atoms with Crippen molar-refractivity contribution in [3.05, 3.63) is 35.6 Å². The summed E-state index contributed by atoms with van der Waals surface area (Å²) in [5.74, 6) is 0.482. The van der Waals surface area contributed by atoms with Crippen LogP contribution in [-0.2, 0) is 11.2 Å². The zero-order chi connectivity index (χ0) is 12.5. The molecule has 3 nitrogen and oxygen atoms in total. The SMILES string of the molecule is OC1CCC2OC(Cc3ccc(F)cc3)=NC2C1. The quantitative estimate of drug-likeness (QED) is 0.872. The van der Waals surface area contributed by atoms with E-state index in [-0.39, 0.29) is 24.1 Å². The number of benzene rings is 1. The Morgan fingerprint density at radius 1 is 1.28 bits per heavy atom. The highest BCUT2D eigenvalue weighted by Crippen LogP contribution is 2.29. The first-order valence-corrected chi connectivity index (χ1v) is 6.36. The van der Waals surface area contributed by atoms with Crippen molar-refractivity contribution in [2.45, 2.75) is 43.9 Å². The van der Waals surface area contributed by atoms with Crippen molar-refractivity contribution in [1.82, 2.24) is 0 Å². The molecule has 18 heavy (non-hydrogen) atoms. The summed E-state index contributed by atoms with van der Waals surface area (Å²) in [5, 5.41) is 9.60. The summed E-state index contributed by atoms with van der Waals surface area (Å²) < 4.78 is 18.6. The first-order valence-electron chi connectivity index (χ1n) is 6.36. The van der Waals surface area contributed by atoms with Gasteiger partial charge in [-0.15, -0.1) is 0 Å². The number of ether oxygens (including phenoxy) is 1. The highest BCUT2D eigenvalue weighted by atomic mass is 19.1. The van der Waals surface area contributed by atoms with Crippen LogP contribution in [0.5, 0.6) is 0 Å². The lowest BCUT2D eigenvalue weighted by molar-refractivity contribution is 0.0616. The number of aliphatic imine (C=N–C) groups is 1. The molecule has 1 aliphatic carbocycles. The summed E-state index contributed by atoms with van der Waals surface area (Å²) in [6.45, 7) is 0. The van der Waals surface area contributed by atoms with Gasteiger partial charge < -0.3 is 9.84 Å². The molecule has 0 aromatic heterocycles. The van der Waals surface area contributed by atoms with Gasteiger partial charge in [0, 0.05) is 6.42 Å². The molecule has 3 rings (SSSR count). The van der Waals surface area contributed by atoms with Gasteiger partial charge >= 0.3 is 0 Å². The van der Waals surface area contributed by atoms with E-state index in [1.165, 1.54) is 12.1 Å². The van der Waals surface area contributed by atoms with Gasteiger partial charge in [-0.3, -0.25) is 0 Å². The first kappa shape index (κ1) is 11.7. The monoisotopic (exact) mass is 249 g/mol. The fourth-order valence-electron chi connectivity index (χ4n) is 2.63. The average molecular weight is 249 g/mol. The summed E-state index contributed by atoms with van der Waals surface area (Å²) in [7, 11) is 0. The summed E-state index contributed by atoms with van der Waals surface area (Å²) >= 11 is 0. The van der Waals surface area contributed by atoms with Crippen molar-refractivity contribution >= 4 is 5.90 Å². The van der Waals surface area contributed by atoms with Gasteiger partial charge in [0.05, 0.1) is 12.1 Å². The predicted molar refractivity (Wildman–Crippen MR) is 66.1 cm³/mol. The summed E-state index contributed by atoms with van der Waals surface area (Å²) in [5.41, 5.74) is 0.995. The second-order valence-electron chi connectivity index (χ2n) is 5.02. The number of hydrogen-bond acceptors (Lipinski definition) is 3. The van der Waals surface area contributed by atoms with Crippen LogP contribution in [0.3, 0.4) is 0 Å². The fourth-order valence-corrected chi connectivity index (χ4v) is 2.63. The molecule has 0 saturated heterocycles. The minimum Gasteiger partial charge on any atom is -0.475 e. The Labute approximate surface area is 105 Å². The molecule has 0 spiro atoms. The Morgan fingerprint density at radius 3 is 2.83 bits per heavy atom. The zero-order valence-corrected chi connectivity index (χ0v) is 10.1. The molecule has 0 amide bonds. The number of halogens is 1. The van der Waals surface area contributed by atoms with E-state index in [9.17, 15) is 9.50 Å². The van der Waals surface area contributed by atoms with E-state index in [0.29, 0.717) is 18.7 Å². The van der Waals surface area contributed by atoms with Crippen molar-refractivity contribution in [1.29, 1.82) is 0 Å². The molecule has 3 atom stereocenters. The smallest absolute Gasteiger partial charge is 0.188 e. The van der Waals surface area contributed by atoms with Crippen molar-refractivity contribution in [3.63, 3.8) is 0 Å². The van der Waals surface area contributed by atoms with Crippen LogP contribution in [0.25, 0.3) is 0 Å². The third kappa shape index (κ3) is 2.38. The molecular formula is C14H16FNO2. The average Bonchev–Trinajstić information content (AvgIpc) is 2.73. The fraction of sp³-hybridized carbons (Fsp3) is 0.500. The van der Waals surface area contributed by atoms with Crippen molar-refractivity contribution in [2.24, 2.45) is 4.99 Å². The maximum atomic E-state index is 12.8. The molecule has 1 aliphatic heterocycles. The second-order valence-corrected chi connectivity index (χ2v) is 5.02. The maximum absolute atomic E-state index is 12.8. The number of nitrogens with zero attached hydrogens (tertiary/aromatic N) is 1. The maximum Gasteiger partial charge on any atom is 0.188 e. The minimum absolute atomic E-state index is 0.101. The molecule has 4 heteroatoms. The topological polar surface area (TPSA) is 41.8 Å². The number of aliphatic hydroxyl groups excluding tert-OH is 1. The van der Waals surface area contributed by atoms with Crippen LogP contribution < -0.4 is 0 Å². The number of aliphatic hydroxyl groups is 1. The van der Waals surface area contributed by atoms with Gasteiger partial charge in [0.1, 0.15) is 11.9 Å². The van der Waals surface area contributed by atoms with Crippen LogP contribution >= 0.6 is 0 Å². The van der Waals surface area contributed by atoms with E-state index in [4.69, 9.17) is 4.74 Å². The Hall–Kier alpha value is -1.42. The Morgan fingerprint density at radius 2 is 2.06 bits per heavy atom. The minimum atomic E-state index is -0.247. The van der Waals surface area contributed by atoms with Gasteiger partial charge in [-0.05, 0) is 37.0 Å². The molecule has 1 saturated carbocycles. The Balaban J connectivity index is 1.67. The van der Waals surface area contributed by atoms with E-state index in [1.807, 2.05) is 0 Å². The number of fused-ring (bicyclic) bond motifs is 1. The molecule has 1 N–H and O–H groups in total. The molecule has 96 valence electrons. The highest BCUT2D eigenvalue weighted by Gasteiger charge is 2.36. The van der Waals surface area contributed by atoms with E-state index in [2.05, 4.69) is 4.99 Å². The lowest BCUT2D eigenvalue weighted by atomic mass is 9.91. The van der Waals surface area contributed by atoms with Gasteiger partial charge in [0.25, 0.3) is 0 Å². The van der Waals surface area contributed by atoms with E-state index >= 15 is 0 Å². The number of hydrogen-bond donors (Lipinski definition) is 1. The Bertz CT molecular complexity index is 457. The zero-order valence-electron chi connectivity index (χ0n) is 10.1. The lowest BCUT2D eigenvalue weighted by Gasteiger charge is -2.26. The van der Waals surface area contributed by atoms with Gasteiger partial charge in [-0.2, -0.15) is 0 Å². The molecule has 1 heterocycles. The van der Waals surface area contributed by atoms with Gasteiger partial charge in [0.15, 0.2) is 5.90 Å². The molecule has 1 aromatic rings. The second kappa shape index (κ2) is 4.69. The molecule has 1 aromatic carbocycles. The van der Waals surface area contributed by atoms with Crippen LogP contribution in [0.15, 0.2) is 29.3 Å². The summed E-state index contributed by atoms with van der Waals surface area (Å²) in [4.78, 5) is 4.52. The third-order valence-electron chi connectivity index (χ3n) is 3.59. The van der Waals surface area contributed by atoms with Gasteiger partial charge in [0.2, 0.25) is 0 Å². The largest absolute Gasteiger partial charge is 0.475 e. The molecule has 2 aliphatic rings. The van der Waals surface area contributed by atoms with Crippen LogP contribution in [0.2, 0.25) is 0 Å². The predicted octanol–water partition coefficient (Wildman–Crippen LogP) is 2.08. The molecule has 1 fully saturated rings. The molecule has 0 radical (unpaired) electrons. The van der Waals surface area contributed by atoms with Crippen LogP contribution in [0.1, 0.15) is 24.8 Å². The van der Waals surface area contributed by atoms with Crippen LogP contribution in [-0.4, -0.2) is 29.3 Å².